The number of ether oxygens (including phenoxy) is 1. The number of carbonyl (C=O) groups excluding carboxylic acids is 2. The number of nitrogens with zero attached hydrogens (tertiary/aromatic N) is 2. The van der Waals surface area contributed by atoms with Gasteiger partial charge in [0.25, 0.3) is 5.91 Å². The van der Waals surface area contributed by atoms with Gasteiger partial charge in [0.2, 0.25) is 0 Å². The number of benzene rings is 1. The molecule has 0 aliphatic carbocycles. The normalized spacial score (nSPS) is 12.1. The number of para-hydroxylation sites is 1. The largest absolute Gasteiger partial charge is 0.447 e. The molecule has 0 aliphatic rings. The van der Waals surface area contributed by atoms with Crippen LogP contribution in [0.3, 0.4) is 0 Å². The van der Waals surface area contributed by atoms with Crippen LogP contribution < -0.4 is 5.32 Å². The Hall–Kier alpha value is -3.16. The highest BCUT2D eigenvalue weighted by Gasteiger charge is 2.26. The Kier molecular flexibility index (Phi) is 4.78. The number of fused-ring (bicyclic) bond motifs is 1. The van der Waals surface area contributed by atoms with Crippen molar-refractivity contribution in [2.45, 2.75) is 32.8 Å². The van der Waals surface area contributed by atoms with Gasteiger partial charge in [-0.05, 0) is 19.4 Å². The molecule has 0 aliphatic heterocycles. The first kappa shape index (κ1) is 16.7. The fraction of sp³-hybridized carbons (Fsp3) is 0.294. The standard InChI is InChI=1S/C17H18N4O4/c1-3-6-13(16(22)18-14-9-10(2)25-21-14)24-17(23)15-11-7-4-5-8-12(11)19-20-15/h4-5,7-9,13H,3,6H2,1-2H3,(H,19,20)(H,18,21,22)/t13-/m1/s1. The quantitative estimate of drug-likeness (QED) is 0.667. The summed E-state index contributed by atoms with van der Waals surface area (Å²) in [6.45, 7) is 3.62. The van der Waals surface area contributed by atoms with Gasteiger partial charge in [-0.3, -0.25) is 9.89 Å². The molecule has 2 heterocycles. The van der Waals surface area contributed by atoms with Gasteiger partial charge in [0, 0.05) is 11.5 Å². The van der Waals surface area contributed by atoms with Crippen molar-refractivity contribution in [1.82, 2.24) is 15.4 Å². The number of aryl methyl sites for hydroxylation is 1. The molecule has 0 saturated carbocycles. The Labute approximate surface area is 143 Å². The molecule has 0 saturated heterocycles. The van der Waals surface area contributed by atoms with Crippen molar-refractivity contribution in [1.29, 1.82) is 0 Å². The molecule has 1 atom stereocenters. The maximum Gasteiger partial charge on any atom is 0.360 e. The van der Waals surface area contributed by atoms with E-state index in [0.29, 0.717) is 24.0 Å². The summed E-state index contributed by atoms with van der Waals surface area (Å²) in [6.07, 6.45) is 0.117. The van der Waals surface area contributed by atoms with E-state index < -0.39 is 18.0 Å². The van der Waals surface area contributed by atoms with Crippen molar-refractivity contribution in [3.05, 3.63) is 41.8 Å². The van der Waals surface area contributed by atoms with E-state index in [4.69, 9.17) is 9.26 Å². The minimum Gasteiger partial charge on any atom is -0.447 e. The van der Waals surface area contributed by atoms with Crippen LogP contribution in [0.25, 0.3) is 10.9 Å². The number of esters is 1. The van der Waals surface area contributed by atoms with Crippen molar-refractivity contribution >= 4 is 28.6 Å². The summed E-state index contributed by atoms with van der Waals surface area (Å²) < 4.78 is 10.3. The van der Waals surface area contributed by atoms with E-state index in [0.717, 1.165) is 5.52 Å². The van der Waals surface area contributed by atoms with Crippen LogP contribution in [0.5, 0.6) is 0 Å². The van der Waals surface area contributed by atoms with Gasteiger partial charge in [-0.25, -0.2) is 4.79 Å². The second-order valence-electron chi connectivity index (χ2n) is 5.61. The number of hydrogen-bond acceptors (Lipinski definition) is 6. The lowest BCUT2D eigenvalue weighted by molar-refractivity contribution is -0.125. The Morgan fingerprint density at radius 3 is 2.88 bits per heavy atom. The maximum atomic E-state index is 12.4. The fourth-order valence-corrected chi connectivity index (χ4v) is 2.44. The van der Waals surface area contributed by atoms with Crippen LogP contribution >= 0.6 is 0 Å². The average molecular weight is 342 g/mol. The van der Waals surface area contributed by atoms with Crippen molar-refractivity contribution in [3.8, 4) is 0 Å². The van der Waals surface area contributed by atoms with Crippen molar-refractivity contribution in [3.63, 3.8) is 0 Å². The molecule has 0 fully saturated rings. The minimum atomic E-state index is -0.940. The van der Waals surface area contributed by atoms with Crippen LogP contribution in [0.15, 0.2) is 34.9 Å². The molecular formula is C17H18N4O4. The SMILES string of the molecule is CCC[C@@H](OC(=O)c1n[nH]c2ccccc12)C(=O)Nc1cc(C)on1. The number of nitrogens with one attached hydrogen (secondary N) is 2. The van der Waals surface area contributed by atoms with Gasteiger partial charge in [0.05, 0.1) is 5.52 Å². The molecule has 130 valence electrons. The lowest BCUT2D eigenvalue weighted by atomic mass is 10.2. The first-order valence-corrected chi connectivity index (χ1v) is 7.96. The number of aromatic amines is 1. The number of H-pyrrole nitrogens is 1. The first-order chi connectivity index (χ1) is 12.1. The Balaban J connectivity index is 1.74. The van der Waals surface area contributed by atoms with E-state index in [2.05, 4.69) is 20.7 Å². The van der Waals surface area contributed by atoms with E-state index >= 15 is 0 Å². The lowest BCUT2D eigenvalue weighted by Crippen LogP contribution is -2.32. The van der Waals surface area contributed by atoms with Crippen LogP contribution in [0.2, 0.25) is 0 Å². The molecule has 1 amide bonds. The van der Waals surface area contributed by atoms with Crippen LogP contribution in [-0.2, 0) is 9.53 Å². The zero-order chi connectivity index (χ0) is 17.8. The molecule has 2 aromatic heterocycles. The van der Waals surface area contributed by atoms with Gasteiger partial charge in [-0.15, -0.1) is 0 Å². The number of rotatable bonds is 6. The van der Waals surface area contributed by atoms with Gasteiger partial charge in [-0.2, -0.15) is 5.10 Å². The summed E-state index contributed by atoms with van der Waals surface area (Å²) in [5.74, 6) is -0.252. The van der Waals surface area contributed by atoms with E-state index in [-0.39, 0.29) is 11.5 Å². The number of carbonyl (C=O) groups is 2. The summed E-state index contributed by atoms with van der Waals surface area (Å²) in [5, 5.41) is 13.7. The zero-order valence-corrected chi connectivity index (χ0v) is 13.9. The third-order valence-electron chi connectivity index (χ3n) is 3.64. The second-order valence-corrected chi connectivity index (χ2v) is 5.61. The summed E-state index contributed by atoms with van der Waals surface area (Å²) in [5.41, 5.74) is 0.880. The molecule has 1 aromatic carbocycles. The number of amides is 1. The molecule has 8 nitrogen and oxygen atoms in total. The van der Waals surface area contributed by atoms with E-state index in [1.54, 1.807) is 25.1 Å². The van der Waals surface area contributed by atoms with Gasteiger partial charge in [-0.1, -0.05) is 36.7 Å². The molecule has 3 rings (SSSR count). The molecule has 0 radical (unpaired) electrons. The predicted molar refractivity (Wildman–Crippen MR) is 90.1 cm³/mol. The number of hydrogen-bond donors (Lipinski definition) is 2. The third kappa shape index (κ3) is 3.68. The second kappa shape index (κ2) is 7.16. The minimum absolute atomic E-state index is 0.154. The van der Waals surface area contributed by atoms with Gasteiger partial charge < -0.3 is 14.6 Å². The van der Waals surface area contributed by atoms with Gasteiger partial charge >= 0.3 is 5.97 Å². The Bertz CT molecular complexity index is 899. The molecule has 3 aromatic rings. The van der Waals surface area contributed by atoms with Crippen molar-refractivity contribution in [2.75, 3.05) is 5.32 Å². The summed E-state index contributed by atoms with van der Waals surface area (Å²) >= 11 is 0. The summed E-state index contributed by atoms with van der Waals surface area (Å²) in [7, 11) is 0. The van der Waals surface area contributed by atoms with Crippen molar-refractivity contribution in [2.24, 2.45) is 0 Å². The molecule has 0 bridgehead atoms. The third-order valence-corrected chi connectivity index (χ3v) is 3.64. The van der Waals surface area contributed by atoms with Crippen LogP contribution in [0.4, 0.5) is 5.82 Å². The van der Waals surface area contributed by atoms with Crippen LogP contribution in [0, 0.1) is 6.92 Å². The number of anilines is 1. The van der Waals surface area contributed by atoms with E-state index in [1.165, 1.54) is 0 Å². The topological polar surface area (TPSA) is 110 Å². The maximum absolute atomic E-state index is 12.4. The lowest BCUT2D eigenvalue weighted by Gasteiger charge is -2.15. The Morgan fingerprint density at radius 1 is 1.36 bits per heavy atom. The average Bonchev–Trinajstić information content (AvgIpc) is 3.20. The van der Waals surface area contributed by atoms with Crippen molar-refractivity contribution < 1.29 is 18.8 Å². The van der Waals surface area contributed by atoms with E-state index in [9.17, 15) is 9.59 Å². The molecule has 0 unspecified atom stereocenters. The van der Waals surface area contributed by atoms with E-state index in [1.807, 2.05) is 19.1 Å². The highest BCUT2D eigenvalue weighted by atomic mass is 16.5. The molecule has 0 spiro atoms. The summed E-state index contributed by atoms with van der Waals surface area (Å²) in [6, 6.07) is 8.80. The Morgan fingerprint density at radius 2 is 2.16 bits per heavy atom. The van der Waals surface area contributed by atoms with Gasteiger partial charge in [0.15, 0.2) is 17.6 Å². The predicted octanol–water partition coefficient (Wildman–Crippen LogP) is 2.82. The summed E-state index contributed by atoms with van der Waals surface area (Å²) in [4.78, 5) is 24.8. The first-order valence-electron chi connectivity index (χ1n) is 7.96. The van der Waals surface area contributed by atoms with Crippen LogP contribution in [0.1, 0.15) is 36.0 Å². The van der Waals surface area contributed by atoms with Gasteiger partial charge in [0.1, 0.15) is 5.76 Å². The highest BCUT2D eigenvalue weighted by Crippen LogP contribution is 2.18. The number of aromatic nitrogens is 3. The molecule has 25 heavy (non-hydrogen) atoms. The zero-order valence-electron chi connectivity index (χ0n) is 13.9. The van der Waals surface area contributed by atoms with Crippen LogP contribution in [-0.4, -0.2) is 33.3 Å². The fourth-order valence-electron chi connectivity index (χ4n) is 2.44. The molecular weight excluding hydrogens is 324 g/mol. The molecule has 2 N–H and O–H groups in total. The highest BCUT2D eigenvalue weighted by molar-refractivity contribution is 6.03. The smallest absolute Gasteiger partial charge is 0.360 e. The molecule has 8 heteroatoms. The monoisotopic (exact) mass is 342 g/mol.